The Kier molecular flexibility index (Phi) is 4.11. The van der Waals surface area contributed by atoms with Gasteiger partial charge in [-0.05, 0) is 48.5 Å². The predicted molar refractivity (Wildman–Crippen MR) is 100 cm³/mol. The third kappa shape index (κ3) is 3.21. The first-order valence-electron chi connectivity index (χ1n) is 7.75. The second kappa shape index (κ2) is 6.57. The molecular formula is C19H14BrN3O2. The van der Waals surface area contributed by atoms with Crippen molar-refractivity contribution in [2.45, 2.75) is 6.54 Å². The van der Waals surface area contributed by atoms with Crippen LogP contribution in [-0.2, 0) is 11.3 Å². The van der Waals surface area contributed by atoms with E-state index in [-0.39, 0.29) is 12.5 Å². The fraction of sp³-hybridized carbons (Fsp3) is 0.0526. The van der Waals surface area contributed by atoms with E-state index in [9.17, 15) is 4.79 Å². The summed E-state index contributed by atoms with van der Waals surface area (Å²) in [4.78, 5) is 17.1. The molecule has 1 amide bonds. The van der Waals surface area contributed by atoms with Gasteiger partial charge in [-0.2, -0.15) is 0 Å². The Morgan fingerprint density at radius 3 is 2.64 bits per heavy atom. The smallest absolute Gasteiger partial charge is 0.244 e. The first kappa shape index (κ1) is 15.7. The number of imidazole rings is 1. The van der Waals surface area contributed by atoms with Gasteiger partial charge < -0.3 is 14.3 Å². The first-order chi connectivity index (χ1) is 12.2. The van der Waals surface area contributed by atoms with E-state index in [1.165, 1.54) is 0 Å². The number of para-hydroxylation sites is 2. The first-order valence-corrected chi connectivity index (χ1v) is 8.54. The Bertz CT molecular complexity index is 1020. The lowest BCUT2D eigenvalue weighted by molar-refractivity contribution is -0.116. The van der Waals surface area contributed by atoms with Crippen molar-refractivity contribution in [3.05, 3.63) is 71.4 Å². The zero-order chi connectivity index (χ0) is 17.2. The molecule has 2 heterocycles. The Labute approximate surface area is 152 Å². The molecule has 124 valence electrons. The number of rotatable bonds is 4. The number of carbonyl (C=O) groups is 1. The summed E-state index contributed by atoms with van der Waals surface area (Å²) < 4.78 is 8.31. The van der Waals surface area contributed by atoms with Gasteiger partial charge in [0.05, 0.1) is 17.3 Å². The van der Waals surface area contributed by atoms with Crippen molar-refractivity contribution in [3.63, 3.8) is 0 Å². The third-order valence-electron chi connectivity index (χ3n) is 3.83. The van der Waals surface area contributed by atoms with Crippen molar-refractivity contribution in [3.8, 4) is 11.6 Å². The monoisotopic (exact) mass is 395 g/mol. The van der Waals surface area contributed by atoms with E-state index in [0.29, 0.717) is 11.6 Å². The summed E-state index contributed by atoms with van der Waals surface area (Å²) in [6, 6.07) is 18.8. The number of nitrogens with zero attached hydrogens (tertiary/aromatic N) is 2. The fourth-order valence-corrected chi connectivity index (χ4v) is 2.97. The second-order valence-electron chi connectivity index (χ2n) is 5.54. The van der Waals surface area contributed by atoms with E-state index >= 15 is 0 Å². The molecule has 6 heteroatoms. The minimum Gasteiger partial charge on any atom is -0.461 e. The van der Waals surface area contributed by atoms with Crippen molar-refractivity contribution >= 4 is 38.6 Å². The highest BCUT2D eigenvalue weighted by molar-refractivity contribution is 9.10. The molecule has 0 bridgehead atoms. The van der Waals surface area contributed by atoms with Crippen LogP contribution in [0.15, 0.2) is 75.8 Å². The van der Waals surface area contributed by atoms with Crippen LogP contribution >= 0.6 is 15.9 Å². The Morgan fingerprint density at radius 1 is 1.08 bits per heavy atom. The van der Waals surface area contributed by atoms with Gasteiger partial charge in [0.25, 0.3) is 0 Å². The molecule has 0 atom stereocenters. The second-order valence-corrected chi connectivity index (χ2v) is 6.46. The van der Waals surface area contributed by atoms with Gasteiger partial charge in [0.15, 0.2) is 11.6 Å². The van der Waals surface area contributed by atoms with Crippen LogP contribution in [0.3, 0.4) is 0 Å². The molecule has 4 rings (SSSR count). The number of anilines is 1. The maximum atomic E-state index is 12.5. The summed E-state index contributed by atoms with van der Waals surface area (Å²) in [7, 11) is 0. The molecule has 2 aromatic carbocycles. The number of aromatic nitrogens is 2. The van der Waals surface area contributed by atoms with Crippen molar-refractivity contribution < 1.29 is 9.21 Å². The lowest BCUT2D eigenvalue weighted by atomic mass is 10.3. The zero-order valence-corrected chi connectivity index (χ0v) is 14.7. The molecule has 0 aliphatic rings. The summed E-state index contributed by atoms with van der Waals surface area (Å²) in [6.45, 7) is 0.145. The van der Waals surface area contributed by atoms with Crippen LogP contribution in [0, 0.1) is 0 Å². The molecule has 4 aromatic rings. The van der Waals surface area contributed by atoms with E-state index in [2.05, 4.69) is 26.2 Å². The average Bonchev–Trinajstić information content (AvgIpc) is 3.25. The van der Waals surface area contributed by atoms with Gasteiger partial charge in [0, 0.05) is 10.2 Å². The highest BCUT2D eigenvalue weighted by atomic mass is 79.9. The Balaban J connectivity index is 1.67. The summed E-state index contributed by atoms with van der Waals surface area (Å²) in [5, 5.41) is 2.91. The summed E-state index contributed by atoms with van der Waals surface area (Å²) in [5.74, 6) is 1.14. The van der Waals surface area contributed by atoms with Gasteiger partial charge in [-0.15, -0.1) is 0 Å². The number of benzene rings is 2. The van der Waals surface area contributed by atoms with Crippen LogP contribution in [0.4, 0.5) is 5.69 Å². The molecule has 2 aromatic heterocycles. The minimum atomic E-state index is -0.127. The highest BCUT2D eigenvalue weighted by Gasteiger charge is 2.16. The van der Waals surface area contributed by atoms with Crippen LogP contribution in [0.1, 0.15) is 0 Å². The number of fused-ring (bicyclic) bond motifs is 1. The molecule has 25 heavy (non-hydrogen) atoms. The number of carbonyl (C=O) groups excluding carboxylic acids is 1. The number of nitrogens with one attached hydrogen (secondary N) is 1. The fourth-order valence-electron chi connectivity index (χ4n) is 2.71. The van der Waals surface area contributed by atoms with Crippen LogP contribution < -0.4 is 5.32 Å². The number of hydrogen-bond donors (Lipinski definition) is 1. The summed E-state index contributed by atoms with van der Waals surface area (Å²) in [6.07, 6.45) is 1.60. The quantitative estimate of drug-likeness (QED) is 0.544. The highest BCUT2D eigenvalue weighted by Crippen LogP contribution is 2.25. The zero-order valence-electron chi connectivity index (χ0n) is 13.1. The molecule has 0 spiro atoms. The van der Waals surface area contributed by atoms with E-state index in [4.69, 9.17) is 4.42 Å². The van der Waals surface area contributed by atoms with Crippen LogP contribution in [0.2, 0.25) is 0 Å². The van der Waals surface area contributed by atoms with Crippen molar-refractivity contribution in [2.24, 2.45) is 0 Å². The molecule has 0 saturated heterocycles. The SMILES string of the molecule is O=C(Cn1c(-c2ccco2)nc2ccccc21)Nc1ccc(Br)cc1. The standard InChI is InChI=1S/C19H14BrN3O2/c20-13-7-9-14(10-8-13)21-18(24)12-23-16-5-2-1-4-15(16)22-19(23)17-6-3-11-25-17/h1-11H,12H2,(H,21,24). The normalized spacial score (nSPS) is 10.9. The third-order valence-corrected chi connectivity index (χ3v) is 4.35. The van der Waals surface area contributed by atoms with E-state index in [0.717, 1.165) is 21.2 Å². The molecule has 0 fully saturated rings. The number of amides is 1. The molecule has 0 saturated carbocycles. The van der Waals surface area contributed by atoms with Crippen molar-refractivity contribution in [1.29, 1.82) is 0 Å². The number of furan rings is 1. The van der Waals surface area contributed by atoms with Crippen LogP contribution in [0.5, 0.6) is 0 Å². The molecule has 0 aliphatic heterocycles. The molecule has 1 N–H and O–H groups in total. The Hall–Kier alpha value is -2.86. The lowest BCUT2D eigenvalue weighted by Crippen LogP contribution is -2.19. The van der Waals surface area contributed by atoms with E-state index in [1.54, 1.807) is 12.3 Å². The van der Waals surface area contributed by atoms with Crippen molar-refractivity contribution in [2.75, 3.05) is 5.32 Å². The average molecular weight is 396 g/mol. The Morgan fingerprint density at radius 2 is 1.88 bits per heavy atom. The van der Waals surface area contributed by atoms with Crippen LogP contribution in [0.25, 0.3) is 22.6 Å². The van der Waals surface area contributed by atoms with Crippen molar-refractivity contribution in [1.82, 2.24) is 9.55 Å². The molecule has 5 nitrogen and oxygen atoms in total. The van der Waals surface area contributed by atoms with Crippen LogP contribution in [-0.4, -0.2) is 15.5 Å². The van der Waals surface area contributed by atoms with Gasteiger partial charge in [-0.1, -0.05) is 28.1 Å². The van der Waals surface area contributed by atoms with E-state index in [1.807, 2.05) is 59.2 Å². The molecule has 0 unspecified atom stereocenters. The minimum absolute atomic E-state index is 0.127. The molecular weight excluding hydrogens is 382 g/mol. The van der Waals surface area contributed by atoms with Gasteiger partial charge in [0.1, 0.15) is 6.54 Å². The number of halogens is 1. The number of hydrogen-bond acceptors (Lipinski definition) is 3. The van der Waals surface area contributed by atoms with Gasteiger partial charge in [0.2, 0.25) is 5.91 Å². The topological polar surface area (TPSA) is 60.1 Å². The lowest BCUT2D eigenvalue weighted by Gasteiger charge is -2.09. The van der Waals surface area contributed by atoms with Gasteiger partial charge in [-0.3, -0.25) is 4.79 Å². The predicted octanol–water partition coefficient (Wildman–Crippen LogP) is 4.70. The van der Waals surface area contributed by atoms with Gasteiger partial charge >= 0.3 is 0 Å². The van der Waals surface area contributed by atoms with E-state index < -0.39 is 0 Å². The summed E-state index contributed by atoms with van der Waals surface area (Å²) in [5.41, 5.74) is 2.46. The molecule has 0 radical (unpaired) electrons. The molecule has 0 aliphatic carbocycles. The maximum absolute atomic E-state index is 12.5. The van der Waals surface area contributed by atoms with Gasteiger partial charge in [-0.25, -0.2) is 4.98 Å². The largest absolute Gasteiger partial charge is 0.461 e. The maximum Gasteiger partial charge on any atom is 0.244 e. The summed E-state index contributed by atoms with van der Waals surface area (Å²) >= 11 is 3.38.